The van der Waals surface area contributed by atoms with Crippen LogP contribution in [0.2, 0.25) is 0 Å². The molecule has 4 aromatic carbocycles. The molecule has 0 unspecified atom stereocenters. The van der Waals surface area contributed by atoms with Gasteiger partial charge in [0.25, 0.3) is 23.6 Å². The summed E-state index contributed by atoms with van der Waals surface area (Å²) in [5.74, 6) is -1.23. The van der Waals surface area contributed by atoms with Crippen LogP contribution in [0, 0.1) is 25.7 Å². The number of carbonyl (C=O) groups excluding carboxylic acids is 7. The van der Waals surface area contributed by atoms with Crippen LogP contribution in [-0.4, -0.2) is 113 Å². The molecule has 5 heterocycles. The Balaban J connectivity index is 0.734. The second-order valence-corrected chi connectivity index (χ2v) is 20.8. The summed E-state index contributed by atoms with van der Waals surface area (Å²) in [5.41, 5.74) is 8.47. The zero-order valence-corrected chi connectivity index (χ0v) is 44.9. The van der Waals surface area contributed by atoms with Crippen molar-refractivity contribution in [2.45, 2.75) is 104 Å². The summed E-state index contributed by atoms with van der Waals surface area (Å²) in [5, 5.41) is 5.75. The number of anilines is 1. The molecule has 0 spiro atoms. The Morgan fingerprint density at radius 3 is 1.83 bits per heavy atom. The number of amides is 6. The highest BCUT2D eigenvalue weighted by Crippen LogP contribution is 2.41. The summed E-state index contributed by atoms with van der Waals surface area (Å²) < 4.78 is 18.1. The summed E-state index contributed by atoms with van der Waals surface area (Å²) in [7, 11) is 1.52. The van der Waals surface area contributed by atoms with E-state index >= 15 is 0 Å². The molecule has 2 N–H and O–H groups in total. The maximum atomic E-state index is 14.1. The maximum absolute atomic E-state index is 14.1. The van der Waals surface area contributed by atoms with E-state index in [2.05, 4.69) is 41.8 Å². The first-order valence-corrected chi connectivity index (χ1v) is 26.7. The molecule has 6 amide bonds. The first-order valence-electron chi connectivity index (χ1n) is 26.7. The Kier molecular flexibility index (Phi) is 16.6. The Hall–Kier alpha value is -8.47. The molecule has 4 aromatic rings. The minimum atomic E-state index is -0.754. The lowest BCUT2D eigenvalue weighted by Crippen LogP contribution is -2.45. The van der Waals surface area contributed by atoms with Crippen LogP contribution in [-0.2, 0) is 24.0 Å². The van der Waals surface area contributed by atoms with Gasteiger partial charge in [0.2, 0.25) is 11.8 Å². The third-order valence-electron chi connectivity index (χ3n) is 14.7. The van der Waals surface area contributed by atoms with E-state index in [4.69, 9.17) is 24.2 Å². The van der Waals surface area contributed by atoms with Gasteiger partial charge in [-0.3, -0.25) is 48.4 Å². The smallest absolute Gasteiger partial charge is 0.260 e. The number of ketones is 1. The van der Waals surface area contributed by atoms with E-state index in [0.29, 0.717) is 104 Å². The van der Waals surface area contributed by atoms with Gasteiger partial charge in [-0.15, -0.1) is 0 Å². The molecule has 0 aromatic heterocycles. The minimum absolute atomic E-state index is 0.0631. The summed E-state index contributed by atoms with van der Waals surface area (Å²) >= 11 is 0. The predicted molar refractivity (Wildman–Crippen MR) is 297 cm³/mol. The molecule has 5 aliphatic rings. The van der Waals surface area contributed by atoms with Gasteiger partial charge in [-0.25, -0.2) is 0 Å². The van der Waals surface area contributed by atoms with Gasteiger partial charge in [0.05, 0.1) is 61.0 Å². The highest BCUT2D eigenvalue weighted by atomic mass is 16.5. The lowest BCUT2D eigenvalue weighted by atomic mass is 9.92. The second-order valence-electron chi connectivity index (χ2n) is 20.8. The van der Waals surface area contributed by atoms with E-state index in [9.17, 15) is 33.6 Å². The van der Waals surface area contributed by atoms with E-state index in [0.717, 1.165) is 27.8 Å². The zero-order chi connectivity index (χ0) is 55.2. The van der Waals surface area contributed by atoms with Crippen LogP contribution in [0.3, 0.4) is 0 Å². The maximum Gasteiger partial charge on any atom is 0.260 e. The van der Waals surface area contributed by atoms with Gasteiger partial charge in [0.15, 0.2) is 17.3 Å². The van der Waals surface area contributed by atoms with Crippen molar-refractivity contribution >= 4 is 81.9 Å². The normalized spacial score (nSPS) is 17.9. The van der Waals surface area contributed by atoms with Crippen LogP contribution in [0.4, 0.5) is 17.1 Å². The number of unbranched alkanes of at least 4 members (excludes halogenated alkanes) is 2. The average Bonchev–Trinajstić information content (AvgIpc) is 4.24. The Bertz CT molecular complexity index is 3170. The first kappa shape index (κ1) is 54.3. The molecule has 0 radical (unpaired) electrons. The summed E-state index contributed by atoms with van der Waals surface area (Å²) in [6, 6.07) is 21.4. The number of aryl methyl sites for hydroxylation is 2. The Labute approximate surface area is 454 Å². The lowest BCUT2D eigenvalue weighted by molar-refractivity contribution is -0.137. The van der Waals surface area contributed by atoms with Crippen molar-refractivity contribution in [3.63, 3.8) is 0 Å². The zero-order valence-electron chi connectivity index (χ0n) is 44.9. The van der Waals surface area contributed by atoms with Gasteiger partial charge in [0.1, 0.15) is 5.75 Å². The molecule has 5 aliphatic heterocycles. The number of ether oxygens (including phenoxy) is 3. The highest BCUT2D eigenvalue weighted by molar-refractivity contribution is 6.13. The number of methoxy groups -OCH3 is 1. The number of nitrogens with one attached hydrogen (secondary N) is 2. The van der Waals surface area contributed by atoms with Gasteiger partial charge >= 0.3 is 0 Å². The van der Waals surface area contributed by atoms with Crippen molar-refractivity contribution in [1.82, 2.24) is 20.0 Å². The number of hydrogen-bond acceptors (Lipinski definition) is 12. The molecule has 17 nitrogen and oxygen atoms in total. The third kappa shape index (κ3) is 12.2. The van der Waals surface area contributed by atoms with Crippen molar-refractivity contribution in [2.75, 3.05) is 32.2 Å². The number of imide groups is 1. The van der Waals surface area contributed by atoms with Crippen molar-refractivity contribution in [1.29, 1.82) is 0 Å². The minimum Gasteiger partial charge on any atom is -0.493 e. The number of fused-ring (bicyclic) bond motifs is 4. The van der Waals surface area contributed by atoms with E-state index in [-0.39, 0.29) is 72.1 Å². The monoisotopic (exact) mass is 1060 g/mol. The third-order valence-corrected chi connectivity index (χ3v) is 14.7. The molecule has 78 heavy (non-hydrogen) atoms. The van der Waals surface area contributed by atoms with Crippen LogP contribution < -0.4 is 24.8 Å². The molecule has 9 rings (SSSR count). The molecule has 0 fully saturated rings. The fourth-order valence-corrected chi connectivity index (χ4v) is 10.1. The summed E-state index contributed by atoms with van der Waals surface area (Å²) in [6.07, 6.45) is 13.5. The molecule has 404 valence electrons. The van der Waals surface area contributed by atoms with Gasteiger partial charge in [-0.1, -0.05) is 69.2 Å². The fourth-order valence-electron chi connectivity index (χ4n) is 10.1. The van der Waals surface area contributed by atoms with Crippen LogP contribution in [0.15, 0.2) is 107 Å². The highest BCUT2D eigenvalue weighted by Gasteiger charge is 2.36. The lowest BCUT2D eigenvalue weighted by Gasteiger charge is -2.23. The quantitative estimate of drug-likeness (QED) is 0.0564. The molecule has 0 aliphatic carbocycles. The SMILES string of the molecule is COc1cc2c(cc1OCCCOc1cc3c(cc1C)C(=O)N1C=C(c4ccc(C)cc4)C[C@H]1C=N3)N=C[C@@H]1CC(c3ccc(NC(=O)[C@@H](C)CC(=O)[C@H](NC(=O)CCCCCN4C(=O)C=CC4=O)C(C)C)cc3)=CN1C2=O. The van der Waals surface area contributed by atoms with Gasteiger partial charge in [0, 0.05) is 99.4 Å². The van der Waals surface area contributed by atoms with E-state index < -0.39 is 12.0 Å². The van der Waals surface area contributed by atoms with Crippen LogP contribution in [0.1, 0.15) is 115 Å². The number of nitrogens with zero attached hydrogens (tertiary/aromatic N) is 5. The standard InChI is InChI=1S/C61H65N7O10/c1-36(2)58(65-55(70)11-8-7-9-22-66-56(71)20-21-57(66)72)51(69)26-39(5)59(73)64-44-18-16-41(17-19-44)43-28-46-33-63-50-31-54(53(76-6)29-48(50)61(75)68(46)35-43)78-24-10-23-77-52-30-49-47(25-38(52)4)60(74)67-34-42(27-45(67)32-62-49)40-14-12-37(3)13-15-40/h12-21,25,29-36,39,45-46,58H,7-11,22-24,26-28H2,1-6H3,(H,64,73)(H,65,70)/t39-,45-,46-,58+/m0/s1. The van der Waals surface area contributed by atoms with Crippen molar-refractivity contribution < 1.29 is 47.8 Å². The first-order chi connectivity index (χ1) is 37.5. The van der Waals surface area contributed by atoms with E-state index in [1.807, 2.05) is 63.7 Å². The molecular formula is C61H65N7O10. The Morgan fingerprint density at radius 2 is 1.24 bits per heavy atom. The van der Waals surface area contributed by atoms with Crippen LogP contribution >= 0.6 is 0 Å². The average molecular weight is 1060 g/mol. The molecule has 17 heteroatoms. The van der Waals surface area contributed by atoms with Crippen LogP contribution in [0.5, 0.6) is 17.2 Å². The second kappa shape index (κ2) is 23.8. The number of hydrogen-bond donors (Lipinski definition) is 2. The number of Topliss-reactive ketones (excluding diaryl/α,β-unsaturated/α-hetero) is 1. The molecule has 0 bridgehead atoms. The predicted octanol–water partition coefficient (Wildman–Crippen LogP) is 9.26. The number of rotatable bonds is 22. The number of carbonyl (C=O) groups is 7. The van der Waals surface area contributed by atoms with Gasteiger partial charge in [-0.2, -0.15) is 0 Å². The molecule has 0 saturated carbocycles. The van der Waals surface area contributed by atoms with Crippen molar-refractivity contribution in [3.8, 4) is 17.2 Å². The van der Waals surface area contributed by atoms with Gasteiger partial charge < -0.3 is 34.6 Å². The van der Waals surface area contributed by atoms with Gasteiger partial charge in [-0.05, 0) is 84.7 Å². The number of benzene rings is 4. The summed E-state index contributed by atoms with van der Waals surface area (Å²) in [6.45, 7) is 10.3. The van der Waals surface area contributed by atoms with Crippen molar-refractivity contribution in [2.24, 2.45) is 21.8 Å². The topological polar surface area (TPSA) is 206 Å². The van der Waals surface area contributed by atoms with Crippen molar-refractivity contribution in [3.05, 3.63) is 131 Å². The number of aliphatic imine (C=N–C) groups is 2. The fraction of sp³-hybridized carbons (Fsp3) is 0.361. The molecule has 0 saturated heterocycles. The summed E-state index contributed by atoms with van der Waals surface area (Å²) in [4.78, 5) is 105. The van der Waals surface area contributed by atoms with E-state index in [1.165, 1.54) is 29.7 Å². The van der Waals surface area contributed by atoms with E-state index in [1.54, 1.807) is 47.2 Å². The van der Waals surface area contributed by atoms with Crippen LogP contribution in [0.25, 0.3) is 11.1 Å². The molecular weight excluding hydrogens is 991 g/mol. The Morgan fingerprint density at radius 1 is 0.679 bits per heavy atom. The largest absolute Gasteiger partial charge is 0.493 e. The molecule has 4 atom stereocenters.